The molecule has 3 N–H and O–H groups in total. The van der Waals surface area contributed by atoms with Crippen LogP contribution >= 0.6 is 15.9 Å². The summed E-state index contributed by atoms with van der Waals surface area (Å²) >= 11 is 3.47. The Kier molecular flexibility index (Phi) is 6.76. The van der Waals surface area contributed by atoms with Gasteiger partial charge in [-0.2, -0.15) is 0 Å². The van der Waals surface area contributed by atoms with Gasteiger partial charge in [-0.1, -0.05) is 29.8 Å². The number of carboxylic acid groups (broad SMARTS) is 1. The minimum absolute atomic E-state index is 0.0428. The standard InChI is InChI=1S/C23H26BrN5O5/c1-12(2)19-20(13(3)4-5-26-19)29-16-8-14(24)9-17(18(16)21(30)27-22(29)31)34-11-15-10-28(23(32)33)7-6-25-15/h4-5,8-9,12,15,25H,6-7,10-11H2,1-3H3,(H,32,33)(H,27,30,31)/t15-/m0/s1. The van der Waals surface area contributed by atoms with Gasteiger partial charge in [-0.15, -0.1) is 0 Å². The Labute approximate surface area is 203 Å². The normalized spacial score (nSPS) is 16.3. The van der Waals surface area contributed by atoms with Crippen molar-refractivity contribution in [2.24, 2.45) is 0 Å². The fourth-order valence-corrected chi connectivity index (χ4v) is 4.64. The first-order valence-corrected chi connectivity index (χ1v) is 11.7. The van der Waals surface area contributed by atoms with E-state index in [2.05, 4.69) is 31.2 Å². The molecule has 1 aliphatic rings. The molecule has 0 saturated carbocycles. The fraction of sp³-hybridized carbons (Fsp3) is 0.391. The molecule has 1 aliphatic heterocycles. The fourth-order valence-electron chi connectivity index (χ4n) is 4.22. The van der Waals surface area contributed by atoms with E-state index in [9.17, 15) is 19.5 Å². The first-order valence-electron chi connectivity index (χ1n) is 11.0. The molecule has 1 amide bonds. The molecule has 1 aromatic carbocycles. The SMILES string of the molecule is Cc1ccnc(C(C)C)c1-n1c(=O)[nH]c(=O)c2c(OC[C@@H]3CN(C(=O)O)CCN3)cc(Br)cc21. The van der Waals surface area contributed by atoms with Gasteiger partial charge in [0, 0.05) is 30.3 Å². The molecule has 0 unspecified atom stereocenters. The number of nitrogens with zero attached hydrogens (tertiary/aromatic N) is 3. The molecule has 1 saturated heterocycles. The molecule has 0 aliphatic carbocycles. The van der Waals surface area contributed by atoms with Crippen LogP contribution in [0.15, 0.2) is 38.5 Å². The number of aromatic nitrogens is 3. The molecule has 0 spiro atoms. The van der Waals surface area contributed by atoms with E-state index in [1.165, 1.54) is 9.47 Å². The van der Waals surface area contributed by atoms with Gasteiger partial charge in [-0.3, -0.25) is 19.3 Å². The molecule has 1 atom stereocenters. The van der Waals surface area contributed by atoms with Crippen LogP contribution < -0.4 is 21.3 Å². The monoisotopic (exact) mass is 531 g/mol. The Bertz CT molecular complexity index is 1370. The highest BCUT2D eigenvalue weighted by molar-refractivity contribution is 9.10. The number of H-pyrrole nitrogens is 1. The highest BCUT2D eigenvalue weighted by Crippen LogP contribution is 2.31. The van der Waals surface area contributed by atoms with E-state index in [1.807, 2.05) is 26.8 Å². The van der Waals surface area contributed by atoms with Crippen LogP contribution in [0.25, 0.3) is 16.6 Å². The number of hydrogen-bond acceptors (Lipinski definition) is 6. The third-order valence-electron chi connectivity index (χ3n) is 5.83. The zero-order valence-corrected chi connectivity index (χ0v) is 20.7. The molecule has 1 fully saturated rings. The lowest BCUT2D eigenvalue weighted by molar-refractivity contribution is 0.118. The van der Waals surface area contributed by atoms with Gasteiger partial charge in [0.1, 0.15) is 17.7 Å². The largest absolute Gasteiger partial charge is 0.491 e. The van der Waals surface area contributed by atoms with Crippen molar-refractivity contribution >= 4 is 32.9 Å². The third kappa shape index (κ3) is 4.58. The number of piperazine rings is 1. The minimum atomic E-state index is -0.979. The van der Waals surface area contributed by atoms with Gasteiger partial charge >= 0.3 is 11.8 Å². The maximum absolute atomic E-state index is 13.1. The highest BCUT2D eigenvalue weighted by atomic mass is 79.9. The van der Waals surface area contributed by atoms with Crippen LogP contribution in [0.3, 0.4) is 0 Å². The van der Waals surface area contributed by atoms with Gasteiger partial charge in [0.25, 0.3) is 5.56 Å². The van der Waals surface area contributed by atoms with Crippen LogP contribution in [0.5, 0.6) is 5.75 Å². The summed E-state index contributed by atoms with van der Waals surface area (Å²) < 4.78 is 8.12. The van der Waals surface area contributed by atoms with Crippen molar-refractivity contribution < 1.29 is 14.6 Å². The van der Waals surface area contributed by atoms with Crippen LogP contribution in [0.1, 0.15) is 31.0 Å². The number of ether oxygens (including phenoxy) is 1. The number of rotatable bonds is 5. The van der Waals surface area contributed by atoms with Gasteiger partial charge < -0.3 is 20.1 Å². The Morgan fingerprint density at radius 2 is 2.12 bits per heavy atom. The van der Waals surface area contributed by atoms with Crippen LogP contribution in [-0.4, -0.2) is 62.9 Å². The van der Waals surface area contributed by atoms with Crippen molar-refractivity contribution in [3.63, 3.8) is 0 Å². The maximum atomic E-state index is 13.1. The molecular weight excluding hydrogens is 506 g/mol. The molecule has 10 nitrogen and oxygen atoms in total. The van der Waals surface area contributed by atoms with Crippen LogP contribution in [0, 0.1) is 6.92 Å². The van der Waals surface area contributed by atoms with Crippen molar-refractivity contribution in [2.75, 3.05) is 26.2 Å². The van der Waals surface area contributed by atoms with Crippen LogP contribution in [-0.2, 0) is 0 Å². The second kappa shape index (κ2) is 9.59. The van der Waals surface area contributed by atoms with Crippen molar-refractivity contribution in [2.45, 2.75) is 32.7 Å². The lowest BCUT2D eigenvalue weighted by Crippen LogP contribution is -2.54. The van der Waals surface area contributed by atoms with E-state index in [0.717, 1.165) is 11.3 Å². The van der Waals surface area contributed by atoms with Gasteiger partial charge in [-0.25, -0.2) is 9.59 Å². The van der Waals surface area contributed by atoms with Crippen molar-refractivity contribution in [1.29, 1.82) is 0 Å². The molecule has 4 rings (SSSR count). The molecule has 0 radical (unpaired) electrons. The minimum Gasteiger partial charge on any atom is -0.491 e. The number of aromatic amines is 1. The Hall–Kier alpha value is -3.18. The molecule has 3 aromatic rings. The molecular formula is C23H26BrN5O5. The number of benzene rings is 1. The summed E-state index contributed by atoms with van der Waals surface area (Å²) in [7, 11) is 0. The summed E-state index contributed by atoms with van der Waals surface area (Å²) in [5.74, 6) is 0.336. The average molecular weight is 532 g/mol. The number of halogens is 1. The second-order valence-corrected chi connectivity index (χ2v) is 9.52. The number of pyridine rings is 1. The van der Waals surface area contributed by atoms with Crippen molar-refractivity contribution in [1.82, 2.24) is 24.8 Å². The maximum Gasteiger partial charge on any atom is 0.407 e. The topological polar surface area (TPSA) is 130 Å². The number of fused-ring (bicyclic) bond motifs is 1. The summed E-state index contributed by atoms with van der Waals surface area (Å²) in [6.07, 6.45) is 0.724. The van der Waals surface area contributed by atoms with Crippen molar-refractivity contribution in [3.05, 3.63) is 61.0 Å². The van der Waals surface area contributed by atoms with E-state index in [0.29, 0.717) is 34.5 Å². The van der Waals surface area contributed by atoms with Crippen molar-refractivity contribution in [3.8, 4) is 11.4 Å². The van der Waals surface area contributed by atoms with Crippen LogP contribution in [0.2, 0.25) is 0 Å². The summed E-state index contributed by atoms with van der Waals surface area (Å²) in [4.78, 5) is 45.5. The van der Waals surface area contributed by atoms with Gasteiger partial charge in [0.2, 0.25) is 0 Å². The Morgan fingerprint density at radius 3 is 2.82 bits per heavy atom. The lowest BCUT2D eigenvalue weighted by Gasteiger charge is -2.31. The summed E-state index contributed by atoms with van der Waals surface area (Å²) in [5, 5.41) is 12.7. The number of amides is 1. The number of hydrogen-bond donors (Lipinski definition) is 3. The molecule has 180 valence electrons. The van der Waals surface area contributed by atoms with Gasteiger partial charge in [0.15, 0.2) is 0 Å². The van der Waals surface area contributed by atoms with E-state index in [1.54, 1.807) is 18.3 Å². The smallest absolute Gasteiger partial charge is 0.407 e. The summed E-state index contributed by atoms with van der Waals surface area (Å²) in [6.45, 7) is 7.22. The average Bonchev–Trinajstić information content (AvgIpc) is 2.78. The Balaban J connectivity index is 1.83. The van der Waals surface area contributed by atoms with E-state index in [4.69, 9.17) is 4.74 Å². The first kappa shape index (κ1) is 24.0. The molecule has 11 heteroatoms. The third-order valence-corrected chi connectivity index (χ3v) is 6.29. The van der Waals surface area contributed by atoms with E-state index < -0.39 is 17.3 Å². The number of carbonyl (C=O) groups is 1. The predicted molar refractivity (Wildman–Crippen MR) is 131 cm³/mol. The van der Waals surface area contributed by atoms with Gasteiger partial charge in [-0.05, 0) is 36.6 Å². The van der Waals surface area contributed by atoms with E-state index >= 15 is 0 Å². The quantitative estimate of drug-likeness (QED) is 0.461. The molecule has 34 heavy (non-hydrogen) atoms. The highest BCUT2D eigenvalue weighted by Gasteiger charge is 2.24. The molecule has 0 bridgehead atoms. The summed E-state index contributed by atoms with van der Waals surface area (Å²) in [5.41, 5.74) is 1.47. The molecule has 3 heterocycles. The molecule has 2 aromatic heterocycles. The number of nitrogens with one attached hydrogen (secondary N) is 2. The van der Waals surface area contributed by atoms with Gasteiger partial charge in [0.05, 0.1) is 22.9 Å². The van der Waals surface area contributed by atoms with E-state index in [-0.39, 0.29) is 30.5 Å². The Morgan fingerprint density at radius 1 is 1.35 bits per heavy atom. The zero-order valence-electron chi connectivity index (χ0n) is 19.1. The zero-order chi connectivity index (χ0) is 24.6. The van der Waals surface area contributed by atoms with Crippen LogP contribution in [0.4, 0.5) is 4.79 Å². The lowest BCUT2D eigenvalue weighted by atomic mass is 10.0. The second-order valence-electron chi connectivity index (χ2n) is 8.60. The summed E-state index contributed by atoms with van der Waals surface area (Å²) in [6, 6.07) is 4.96. The predicted octanol–water partition coefficient (Wildman–Crippen LogP) is 2.60. The number of aryl methyl sites for hydroxylation is 1. The first-order chi connectivity index (χ1) is 16.2.